The summed E-state index contributed by atoms with van der Waals surface area (Å²) in [5.74, 6) is 1.53. The van der Waals surface area contributed by atoms with Crippen molar-refractivity contribution in [3.05, 3.63) is 64.7 Å². The zero-order valence-electron chi connectivity index (χ0n) is 15.0. The molecule has 26 heavy (non-hydrogen) atoms. The first-order chi connectivity index (χ1) is 12.6. The number of hydrogen-bond donors (Lipinski definition) is 1. The summed E-state index contributed by atoms with van der Waals surface area (Å²) >= 11 is 5.90. The molecule has 2 aromatic rings. The number of amides is 1. The van der Waals surface area contributed by atoms with Gasteiger partial charge in [-0.3, -0.25) is 4.79 Å². The molecule has 3 nitrogen and oxygen atoms in total. The van der Waals surface area contributed by atoms with E-state index in [9.17, 15) is 4.79 Å². The van der Waals surface area contributed by atoms with Crippen LogP contribution < -0.4 is 10.1 Å². The number of nitrogens with one attached hydrogen (secondary N) is 1. The Morgan fingerprint density at radius 3 is 2.58 bits per heavy atom. The lowest BCUT2D eigenvalue weighted by atomic mass is 9.66. The van der Waals surface area contributed by atoms with E-state index in [1.165, 1.54) is 5.56 Å². The van der Waals surface area contributed by atoms with Gasteiger partial charge in [0.15, 0.2) is 0 Å². The maximum Gasteiger partial charge on any atom is 0.251 e. The zero-order chi connectivity index (χ0) is 18.1. The number of benzene rings is 2. The van der Waals surface area contributed by atoms with E-state index in [0.717, 1.165) is 38.0 Å². The maximum atomic E-state index is 12.4. The van der Waals surface area contributed by atoms with Crippen molar-refractivity contribution in [2.45, 2.75) is 44.1 Å². The Morgan fingerprint density at radius 1 is 1.15 bits per heavy atom. The van der Waals surface area contributed by atoms with Gasteiger partial charge in [-0.2, -0.15) is 0 Å². The molecule has 1 spiro atoms. The quantitative estimate of drug-likeness (QED) is 0.828. The average Bonchev–Trinajstić information content (AvgIpc) is 3.01. The van der Waals surface area contributed by atoms with Crippen LogP contribution in [-0.2, 0) is 5.41 Å². The fourth-order valence-corrected chi connectivity index (χ4v) is 4.57. The van der Waals surface area contributed by atoms with Crippen LogP contribution in [0.5, 0.6) is 5.75 Å². The lowest BCUT2D eigenvalue weighted by Crippen LogP contribution is -2.42. The van der Waals surface area contributed by atoms with Crippen LogP contribution in [0, 0.1) is 5.92 Å². The molecule has 1 N–H and O–H groups in total. The average molecular weight is 370 g/mol. The van der Waals surface area contributed by atoms with E-state index >= 15 is 0 Å². The second-order valence-electron chi connectivity index (χ2n) is 7.67. The van der Waals surface area contributed by atoms with Gasteiger partial charge in [-0.05, 0) is 68.9 Å². The van der Waals surface area contributed by atoms with E-state index in [1.807, 2.05) is 6.07 Å². The topological polar surface area (TPSA) is 38.3 Å². The second kappa shape index (κ2) is 6.96. The third-order valence-electron chi connectivity index (χ3n) is 6.12. The van der Waals surface area contributed by atoms with E-state index in [4.69, 9.17) is 16.3 Å². The van der Waals surface area contributed by atoms with Gasteiger partial charge in [0.1, 0.15) is 5.75 Å². The number of ether oxygens (including phenoxy) is 1. The van der Waals surface area contributed by atoms with Crippen molar-refractivity contribution in [1.29, 1.82) is 0 Å². The van der Waals surface area contributed by atoms with Gasteiger partial charge in [0.05, 0.1) is 6.61 Å². The summed E-state index contributed by atoms with van der Waals surface area (Å²) in [5.41, 5.74) is 2.20. The molecule has 0 radical (unpaired) electrons. The first-order valence-corrected chi connectivity index (χ1v) is 9.74. The van der Waals surface area contributed by atoms with Crippen LogP contribution in [0.4, 0.5) is 0 Å². The first-order valence-electron chi connectivity index (χ1n) is 9.36. The summed E-state index contributed by atoms with van der Waals surface area (Å²) in [7, 11) is 0. The third-order valence-corrected chi connectivity index (χ3v) is 6.37. The molecule has 1 saturated carbocycles. The lowest BCUT2D eigenvalue weighted by Gasteiger charge is -2.38. The molecule has 0 bridgehead atoms. The van der Waals surface area contributed by atoms with E-state index in [-0.39, 0.29) is 17.4 Å². The van der Waals surface area contributed by atoms with Crippen molar-refractivity contribution in [2.75, 3.05) is 6.61 Å². The molecule has 1 amide bonds. The predicted octanol–water partition coefficient (Wildman–Crippen LogP) is 4.98. The van der Waals surface area contributed by atoms with Crippen molar-refractivity contribution >= 4 is 17.5 Å². The van der Waals surface area contributed by atoms with Gasteiger partial charge < -0.3 is 10.1 Å². The fraction of sp³-hybridized carbons (Fsp3) is 0.409. The van der Waals surface area contributed by atoms with E-state index in [2.05, 4.69) is 30.4 Å². The minimum Gasteiger partial charge on any atom is -0.492 e. The number of para-hydroxylation sites is 1. The summed E-state index contributed by atoms with van der Waals surface area (Å²) in [4.78, 5) is 12.4. The number of hydrogen-bond acceptors (Lipinski definition) is 2. The Bertz CT molecular complexity index is 794. The van der Waals surface area contributed by atoms with Gasteiger partial charge in [0, 0.05) is 27.6 Å². The molecule has 0 saturated heterocycles. The molecule has 1 atom stereocenters. The van der Waals surface area contributed by atoms with Crippen LogP contribution in [0.25, 0.3) is 0 Å². The largest absolute Gasteiger partial charge is 0.492 e. The smallest absolute Gasteiger partial charge is 0.251 e. The number of fused-ring (bicyclic) bond motifs is 2. The normalized spacial score (nSPS) is 25.4. The van der Waals surface area contributed by atoms with Crippen LogP contribution in [0.1, 0.15) is 48.5 Å². The highest BCUT2D eigenvalue weighted by Gasteiger charge is 2.44. The highest BCUT2D eigenvalue weighted by Crippen LogP contribution is 2.49. The molecule has 1 aliphatic heterocycles. The van der Waals surface area contributed by atoms with Crippen LogP contribution in [-0.4, -0.2) is 18.6 Å². The van der Waals surface area contributed by atoms with E-state index < -0.39 is 0 Å². The summed E-state index contributed by atoms with van der Waals surface area (Å²) in [6.45, 7) is 2.92. The predicted molar refractivity (Wildman–Crippen MR) is 104 cm³/mol. The summed E-state index contributed by atoms with van der Waals surface area (Å²) in [6, 6.07) is 15.6. The molecule has 136 valence electrons. The molecule has 4 heteroatoms. The van der Waals surface area contributed by atoms with Gasteiger partial charge in [-0.25, -0.2) is 0 Å². The standard InChI is InChI=1S/C22H24ClNO2/c1-15(24-21(25)17-6-8-18(23)9-7-17)16-10-12-22(13-11-16)14-26-20-5-3-2-4-19(20)22/h2-9,15-16H,10-14H2,1H3,(H,24,25). The van der Waals surface area contributed by atoms with Gasteiger partial charge in [0.2, 0.25) is 0 Å². The van der Waals surface area contributed by atoms with Gasteiger partial charge in [0.25, 0.3) is 5.91 Å². The molecular weight excluding hydrogens is 346 g/mol. The summed E-state index contributed by atoms with van der Waals surface area (Å²) in [6.07, 6.45) is 4.46. The SMILES string of the molecule is CC(NC(=O)c1ccc(Cl)cc1)C1CCC2(CC1)COc1ccccc12. The molecule has 1 unspecified atom stereocenters. The van der Waals surface area contributed by atoms with Crippen molar-refractivity contribution in [1.82, 2.24) is 5.32 Å². The molecule has 0 aromatic heterocycles. The Kier molecular flexibility index (Phi) is 4.66. The Morgan fingerprint density at radius 2 is 1.85 bits per heavy atom. The summed E-state index contributed by atoms with van der Waals surface area (Å²) < 4.78 is 5.94. The highest BCUT2D eigenvalue weighted by atomic mass is 35.5. The van der Waals surface area contributed by atoms with Crippen LogP contribution >= 0.6 is 11.6 Å². The van der Waals surface area contributed by atoms with Crippen molar-refractivity contribution in [3.8, 4) is 5.75 Å². The van der Waals surface area contributed by atoms with E-state index in [0.29, 0.717) is 16.5 Å². The monoisotopic (exact) mass is 369 g/mol. The van der Waals surface area contributed by atoms with Gasteiger partial charge in [-0.1, -0.05) is 29.8 Å². The number of rotatable bonds is 3. The van der Waals surface area contributed by atoms with Crippen molar-refractivity contribution < 1.29 is 9.53 Å². The highest BCUT2D eigenvalue weighted by molar-refractivity contribution is 6.30. The molecule has 4 rings (SSSR count). The molecule has 1 heterocycles. The number of carbonyl (C=O) groups excluding carboxylic acids is 1. The number of carbonyl (C=O) groups is 1. The van der Waals surface area contributed by atoms with Crippen LogP contribution in [0.2, 0.25) is 5.02 Å². The Balaban J connectivity index is 1.37. The minimum atomic E-state index is -0.0241. The molecule has 1 aliphatic carbocycles. The van der Waals surface area contributed by atoms with Crippen LogP contribution in [0.3, 0.4) is 0 Å². The molecular formula is C22H24ClNO2. The fourth-order valence-electron chi connectivity index (χ4n) is 4.44. The lowest BCUT2D eigenvalue weighted by molar-refractivity contribution is 0.0905. The maximum absolute atomic E-state index is 12.4. The van der Waals surface area contributed by atoms with E-state index in [1.54, 1.807) is 24.3 Å². The molecule has 2 aromatic carbocycles. The van der Waals surface area contributed by atoms with Crippen molar-refractivity contribution in [3.63, 3.8) is 0 Å². The van der Waals surface area contributed by atoms with Crippen molar-refractivity contribution in [2.24, 2.45) is 5.92 Å². The molecule has 2 aliphatic rings. The van der Waals surface area contributed by atoms with Gasteiger partial charge in [-0.15, -0.1) is 0 Å². The van der Waals surface area contributed by atoms with Crippen LogP contribution in [0.15, 0.2) is 48.5 Å². The zero-order valence-corrected chi connectivity index (χ0v) is 15.8. The molecule has 1 fully saturated rings. The third kappa shape index (κ3) is 3.21. The Hall–Kier alpha value is -2.00. The number of halogens is 1. The minimum absolute atomic E-state index is 0.0241. The second-order valence-corrected chi connectivity index (χ2v) is 8.11. The Labute approximate surface area is 159 Å². The summed E-state index contributed by atoms with van der Waals surface area (Å²) in [5, 5.41) is 3.81. The van der Waals surface area contributed by atoms with Gasteiger partial charge >= 0.3 is 0 Å². The first kappa shape index (κ1) is 17.4.